The van der Waals surface area contributed by atoms with E-state index in [1.165, 1.54) is 6.92 Å². The molecule has 0 aliphatic rings. The van der Waals surface area contributed by atoms with Crippen LogP contribution in [0.5, 0.6) is 0 Å². The number of nitrogens with one attached hydrogen (secondary N) is 2. The van der Waals surface area contributed by atoms with Crippen molar-refractivity contribution in [1.82, 2.24) is 14.9 Å². The van der Waals surface area contributed by atoms with E-state index in [2.05, 4.69) is 26.8 Å². The number of sulfonamides is 1. The lowest BCUT2D eigenvalue weighted by molar-refractivity contribution is 0.0686. The van der Waals surface area contributed by atoms with E-state index in [1.54, 1.807) is 6.92 Å². The Morgan fingerprint density at radius 1 is 1.56 bits per heavy atom. The van der Waals surface area contributed by atoms with E-state index in [0.717, 1.165) is 0 Å². The molecule has 98 valence electrons. The van der Waals surface area contributed by atoms with Gasteiger partial charge in [0, 0.05) is 13.0 Å². The van der Waals surface area contributed by atoms with Gasteiger partial charge in [-0.2, -0.15) is 5.10 Å². The molecule has 0 saturated carbocycles. The first kappa shape index (κ1) is 14.2. The molecule has 0 unspecified atom stereocenters. The number of aromatic nitrogens is 2. The summed E-state index contributed by atoms with van der Waals surface area (Å²) in [5.41, 5.74) is -0.331. The lowest BCUT2D eigenvalue weighted by Gasteiger charge is -2.04. The highest BCUT2D eigenvalue weighted by Crippen LogP contribution is 2.17. The van der Waals surface area contributed by atoms with E-state index in [1.807, 2.05) is 0 Å². The maximum Gasteiger partial charge on any atom is 0.357 e. The Hall–Kier alpha value is -1.85. The molecule has 0 fully saturated rings. The fraction of sp³-hybridized carbons (Fsp3) is 0.400. The van der Waals surface area contributed by atoms with Gasteiger partial charge in [0.25, 0.3) is 0 Å². The topological polar surface area (TPSA) is 112 Å². The number of nitrogens with zero attached hydrogens (tertiary/aromatic N) is 1. The summed E-state index contributed by atoms with van der Waals surface area (Å²) in [6.45, 7) is 3.21. The van der Waals surface area contributed by atoms with Crippen LogP contribution in [0, 0.1) is 18.8 Å². The van der Waals surface area contributed by atoms with Gasteiger partial charge in [-0.15, -0.1) is 11.8 Å². The van der Waals surface area contributed by atoms with E-state index < -0.39 is 21.7 Å². The van der Waals surface area contributed by atoms with Crippen LogP contribution in [-0.4, -0.2) is 36.2 Å². The van der Waals surface area contributed by atoms with Crippen molar-refractivity contribution >= 4 is 16.0 Å². The highest BCUT2D eigenvalue weighted by molar-refractivity contribution is 7.89. The van der Waals surface area contributed by atoms with Crippen molar-refractivity contribution in [2.24, 2.45) is 0 Å². The lowest BCUT2D eigenvalue weighted by atomic mass is 10.4. The quantitative estimate of drug-likeness (QED) is 0.519. The summed E-state index contributed by atoms with van der Waals surface area (Å²) in [5.74, 6) is 3.94. The van der Waals surface area contributed by atoms with Gasteiger partial charge in [0.1, 0.15) is 4.90 Å². The Bertz CT molecular complexity index is 607. The second-order valence-corrected chi connectivity index (χ2v) is 5.11. The predicted molar refractivity (Wildman–Crippen MR) is 63.5 cm³/mol. The van der Waals surface area contributed by atoms with Crippen LogP contribution in [0.1, 0.15) is 29.5 Å². The van der Waals surface area contributed by atoms with Gasteiger partial charge in [-0.3, -0.25) is 5.10 Å². The SMILES string of the molecule is CC#CCCNS(=O)(=O)c1c(C(=O)O)n[nH]c1C. The zero-order chi connectivity index (χ0) is 13.8. The Balaban J connectivity index is 3.00. The van der Waals surface area contributed by atoms with Crippen molar-refractivity contribution in [2.75, 3.05) is 6.54 Å². The third-order valence-corrected chi connectivity index (χ3v) is 3.70. The Labute approximate surface area is 105 Å². The molecule has 1 aromatic rings. The van der Waals surface area contributed by atoms with Gasteiger partial charge in [-0.25, -0.2) is 17.9 Å². The molecule has 0 aliphatic carbocycles. The fourth-order valence-electron chi connectivity index (χ4n) is 1.34. The number of rotatable bonds is 5. The summed E-state index contributed by atoms with van der Waals surface area (Å²) in [7, 11) is -3.90. The average Bonchev–Trinajstić information content (AvgIpc) is 2.67. The van der Waals surface area contributed by atoms with Crippen molar-refractivity contribution in [3.8, 4) is 11.8 Å². The molecule has 8 heteroatoms. The second kappa shape index (κ2) is 5.66. The number of H-pyrrole nitrogens is 1. The number of hydrogen-bond acceptors (Lipinski definition) is 4. The maximum absolute atomic E-state index is 11.9. The molecule has 1 aromatic heterocycles. The normalized spacial score (nSPS) is 10.8. The summed E-state index contributed by atoms with van der Waals surface area (Å²) < 4.78 is 26.1. The van der Waals surface area contributed by atoms with Crippen molar-refractivity contribution < 1.29 is 18.3 Å². The highest BCUT2D eigenvalue weighted by Gasteiger charge is 2.27. The lowest BCUT2D eigenvalue weighted by Crippen LogP contribution is -2.26. The third kappa shape index (κ3) is 3.09. The molecule has 0 spiro atoms. The number of aromatic carboxylic acids is 1. The van der Waals surface area contributed by atoms with Crippen molar-refractivity contribution in [2.45, 2.75) is 25.2 Å². The molecule has 3 N–H and O–H groups in total. The summed E-state index contributed by atoms with van der Waals surface area (Å²) in [5, 5.41) is 14.7. The molecule has 0 radical (unpaired) electrons. The number of aromatic amines is 1. The van der Waals surface area contributed by atoms with Crippen LogP contribution in [0.15, 0.2) is 4.90 Å². The Kier molecular flexibility index (Phi) is 4.47. The summed E-state index contributed by atoms with van der Waals surface area (Å²) >= 11 is 0. The molecule has 1 heterocycles. The monoisotopic (exact) mass is 271 g/mol. The van der Waals surface area contributed by atoms with Crippen molar-refractivity contribution in [1.29, 1.82) is 0 Å². The summed E-state index contributed by atoms with van der Waals surface area (Å²) in [6, 6.07) is 0. The standard InChI is InChI=1S/C10H13N3O4S/c1-3-4-5-6-11-18(16,17)9-7(2)12-13-8(9)10(14)15/h11H,5-6H2,1-2H3,(H,12,13)(H,14,15). The number of carboxylic acids is 1. The molecule has 0 atom stereocenters. The van der Waals surface area contributed by atoms with Gasteiger partial charge in [-0.1, -0.05) is 0 Å². The molecule has 0 aromatic carbocycles. The molecule has 1 rings (SSSR count). The first-order valence-electron chi connectivity index (χ1n) is 5.07. The zero-order valence-electron chi connectivity index (χ0n) is 9.94. The number of carbonyl (C=O) groups is 1. The van der Waals surface area contributed by atoms with Gasteiger partial charge in [0.2, 0.25) is 10.0 Å². The largest absolute Gasteiger partial charge is 0.476 e. The van der Waals surface area contributed by atoms with E-state index >= 15 is 0 Å². The highest BCUT2D eigenvalue weighted by atomic mass is 32.2. The van der Waals surface area contributed by atoms with Crippen molar-refractivity contribution in [3.05, 3.63) is 11.4 Å². The number of aryl methyl sites for hydroxylation is 1. The van der Waals surface area contributed by atoms with Gasteiger partial charge in [0.05, 0.1) is 5.69 Å². The predicted octanol–water partition coefficient (Wildman–Crippen LogP) is 0.108. The second-order valence-electron chi connectivity index (χ2n) is 3.41. The molecule has 0 aliphatic heterocycles. The van der Waals surface area contributed by atoms with E-state index in [9.17, 15) is 13.2 Å². The van der Waals surface area contributed by atoms with Gasteiger partial charge >= 0.3 is 5.97 Å². The zero-order valence-corrected chi connectivity index (χ0v) is 10.8. The van der Waals surface area contributed by atoms with Crippen LogP contribution >= 0.6 is 0 Å². The molecule has 0 bridgehead atoms. The number of hydrogen-bond donors (Lipinski definition) is 3. The minimum absolute atomic E-state index is 0.118. The molecule has 0 amide bonds. The van der Waals surface area contributed by atoms with Crippen LogP contribution in [-0.2, 0) is 10.0 Å². The van der Waals surface area contributed by atoms with Crippen LogP contribution < -0.4 is 4.72 Å². The number of carboxylic acid groups (broad SMARTS) is 1. The molecule has 0 saturated heterocycles. The van der Waals surface area contributed by atoms with Crippen LogP contribution in [0.25, 0.3) is 0 Å². The Morgan fingerprint density at radius 3 is 2.78 bits per heavy atom. The first-order valence-corrected chi connectivity index (χ1v) is 6.56. The summed E-state index contributed by atoms with van der Waals surface area (Å²) in [6.07, 6.45) is 0.356. The molecular formula is C10H13N3O4S. The van der Waals surface area contributed by atoms with Crippen LogP contribution in [0.2, 0.25) is 0 Å². The van der Waals surface area contributed by atoms with Crippen LogP contribution in [0.3, 0.4) is 0 Å². The third-order valence-electron chi connectivity index (χ3n) is 2.08. The maximum atomic E-state index is 11.9. The van der Waals surface area contributed by atoms with Gasteiger partial charge in [0.15, 0.2) is 5.69 Å². The molecule has 18 heavy (non-hydrogen) atoms. The van der Waals surface area contributed by atoms with E-state index in [0.29, 0.717) is 6.42 Å². The Morgan fingerprint density at radius 2 is 2.22 bits per heavy atom. The molecule has 7 nitrogen and oxygen atoms in total. The minimum Gasteiger partial charge on any atom is -0.476 e. The molecular weight excluding hydrogens is 258 g/mol. The first-order chi connectivity index (χ1) is 8.40. The van der Waals surface area contributed by atoms with Gasteiger partial charge in [-0.05, 0) is 13.8 Å². The van der Waals surface area contributed by atoms with Crippen molar-refractivity contribution in [3.63, 3.8) is 0 Å². The minimum atomic E-state index is -3.90. The van der Waals surface area contributed by atoms with E-state index in [4.69, 9.17) is 5.11 Å². The summed E-state index contributed by atoms with van der Waals surface area (Å²) in [4.78, 5) is 10.5. The van der Waals surface area contributed by atoms with Crippen LogP contribution in [0.4, 0.5) is 0 Å². The fourth-order valence-corrected chi connectivity index (χ4v) is 2.69. The van der Waals surface area contributed by atoms with E-state index in [-0.39, 0.29) is 17.1 Å². The van der Waals surface area contributed by atoms with Gasteiger partial charge < -0.3 is 5.11 Å². The average molecular weight is 271 g/mol. The smallest absolute Gasteiger partial charge is 0.357 e.